The predicted octanol–water partition coefficient (Wildman–Crippen LogP) is 3.45. The molecule has 1 saturated heterocycles. The third-order valence-corrected chi connectivity index (χ3v) is 4.70. The molecule has 0 N–H and O–H groups in total. The third kappa shape index (κ3) is 5.19. The molecule has 1 fully saturated rings. The summed E-state index contributed by atoms with van der Waals surface area (Å²) in [6, 6.07) is 4.17. The maximum Gasteiger partial charge on any atom is 0.329 e. The van der Waals surface area contributed by atoms with E-state index in [2.05, 4.69) is 10.1 Å². The van der Waals surface area contributed by atoms with E-state index in [1.165, 1.54) is 6.07 Å². The molecule has 1 aliphatic heterocycles. The van der Waals surface area contributed by atoms with Gasteiger partial charge in [-0.3, -0.25) is 4.79 Å². The van der Waals surface area contributed by atoms with Gasteiger partial charge in [0.2, 0.25) is 17.6 Å². The van der Waals surface area contributed by atoms with E-state index in [9.17, 15) is 14.0 Å². The first-order valence-electron chi connectivity index (χ1n) is 9.75. The van der Waals surface area contributed by atoms with Gasteiger partial charge in [0.1, 0.15) is 17.5 Å². The zero-order valence-electron chi connectivity index (χ0n) is 17.2. The second-order valence-electron chi connectivity index (χ2n) is 8.25. The molecule has 3 rings (SSSR count). The molecule has 1 aliphatic rings. The largest absolute Gasteiger partial charge is 0.458 e. The molecule has 7 nitrogen and oxygen atoms in total. The SMILES string of the molecule is Cc1ccc(-c2noc(CCC(=O)N3CCC[C@H]3C(=O)OC(C)(C)C)n2)cc1F. The topological polar surface area (TPSA) is 85.5 Å². The van der Waals surface area contributed by atoms with Crippen molar-refractivity contribution in [3.05, 3.63) is 35.5 Å². The van der Waals surface area contributed by atoms with Gasteiger partial charge < -0.3 is 14.2 Å². The van der Waals surface area contributed by atoms with Crippen LogP contribution < -0.4 is 0 Å². The van der Waals surface area contributed by atoms with Gasteiger partial charge in [0, 0.05) is 24.9 Å². The molecular formula is C21H26FN3O4. The number of ether oxygens (including phenoxy) is 1. The number of likely N-dealkylation sites (tertiary alicyclic amines) is 1. The first-order valence-corrected chi connectivity index (χ1v) is 9.75. The van der Waals surface area contributed by atoms with E-state index in [1.54, 1.807) is 44.7 Å². The van der Waals surface area contributed by atoms with Gasteiger partial charge in [-0.2, -0.15) is 4.98 Å². The summed E-state index contributed by atoms with van der Waals surface area (Å²) in [4.78, 5) is 30.8. The van der Waals surface area contributed by atoms with Gasteiger partial charge >= 0.3 is 5.97 Å². The van der Waals surface area contributed by atoms with Crippen molar-refractivity contribution in [1.82, 2.24) is 15.0 Å². The zero-order chi connectivity index (χ0) is 21.2. The van der Waals surface area contributed by atoms with Crippen molar-refractivity contribution < 1.29 is 23.2 Å². The molecule has 1 aromatic heterocycles. The molecule has 29 heavy (non-hydrogen) atoms. The van der Waals surface area contributed by atoms with E-state index >= 15 is 0 Å². The van der Waals surface area contributed by atoms with Gasteiger partial charge in [-0.1, -0.05) is 17.3 Å². The lowest BCUT2D eigenvalue weighted by atomic mass is 10.1. The zero-order valence-corrected chi connectivity index (χ0v) is 17.2. The molecule has 1 amide bonds. The van der Waals surface area contributed by atoms with Crippen LogP contribution in [0.5, 0.6) is 0 Å². The molecular weight excluding hydrogens is 377 g/mol. The lowest BCUT2D eigenvalue weighted by molar-refractivity contribution is -0.163. The van der Waals surface area contributed by atoms with Gasteiger partial charge in [-0.15, -0.1) is 0 Å². The summed E-state index contributed by atoms with van der Waals surface area (Å²) in [6.45, 7) is 7.62. The Bertz CT molecular complexity index is 904. The molecule has 1 aromatic carbocycles. The third-order valence-electron chi connectivity index (χ3n) is 4.70. The van der Waals surface area contributed by atoms with Crippen LogP contribution in [-0.4, -0.2) is 45.1 Å². The number of rotatable bonds is 5. The van der Waals surface area contributed by atoms with E-state index < -0.39 is 11.6 Å². The highest BCUT2D eigenvalue weighted by Gasteiger charge is 2.36. The molecule has 2 heterocycles. The Morgan fingerprint density at radius 1 is 1.34 bits per heavy atom. The number of aromatic nitrogens is 2. The number of amides is 1. The second kappa shape index (κ2) is 8.31. The maximum atomic E-state index is 13.7. The smallest absolute Gasteiger partial charge is 0.329 e. The lowest BCUT2D eigenvalue weighted by Gasteiger charge is -2.27. The van der Waals surface area contributed by atoms with Gasteiger partial charge in [-0.05, 0) is 52.2 Å². The highest BCUT2D eigenvalue weighted by Crippen LogP contribution is 2.23. The van der Waals surface area contributed by atoms with E-state index in [-0.39, 0.29) is 36.4 Å². The average Bonchev–Trinajstić information content (AvgIpc) is 3.30. The molecule has 0 unspecified atom stereocenters. The van der Waals surface area contributed by atoms with Crippen molar-refractivity contribution in [3.8, 4) is 11.4 Å². The van der Waals surface area contributed by atoms with E-state index in [4.69, 9.17) is 9.26 Å². The van der Waals surface area contributed by atoms with Gasteiger partial charge in [0.05, 0.1) is 0 Å². The summed E-state index contributed by atoms with van der Waals surface area (Å²) in [5.74, 6) is -0.294. The summed E-state index contributed by atoms with van der Waals surface area (Å²) in [5.41, 5.74) is 0.455. The van der Waals surface area contributed by atoms with Gasteiger partial charge in [0.15, 0.2) is 0 Å². The molecule has 0 aliphatic carbocycles. The quantitative estimate of drug-likeness (QED) is 0.711. The molecule has 156 valence electrons. The number of esters is 1. The summed E-state index contributed by atoms with van der Waals surface area (Å²) >= 11 is 0. The Balaban J connectivity index is 1.60. The van der Waals surface area contributed by atoms with Crippen molar-refractivity contribution >= 4 is 11.9 Å². The van der Waals surface area contributed by atoms with Crippen LogP contribution in [0.15, 0.2) is 22.7 Å². The molecule has 2 aromatic rings. The van der Waals surface area contributed by atoms with Crippen LogP contribution in [0.25, 0.3) is 11.4 Å². The Morgan fingerprint density at radius 3 is 2.79 bits per heavy atom. The Hall–Kier alpha value is -2.77. The van der Waals surface area contributed by atoms with Crippen LogP contribution in [-0.2, 0) is 20.7 Å². The molecule has 1 atom stereocenters. The first kappa shape index (κ1) is 21.0. The summed E-state index contributed by atoms with van der Waals surface area (Å²) < 4.78 is 24.4. The lowest BCUT2D eigenvalue weighted by Crippen LogP contribution is -2.43. The number of halogens is 1. The van der Waals surface area contributed by atoms with E-state index in [0.717, 1.165) is 6.42 Å². The molecule has 0 radical (unpaired) electrons. The highest BCUT2D eigenvalue weighted by atomic mass is 19.1. The Labute approximate surface area is 169 Å². The molecule has 0 saturated carbocycles. The number of aryl methyl sites for hydroxylation is 2. The van der Waals surface area contributed by atoms with E-state index in [0.29, 0.717) is 30.0 Å². The van der Waals surface area contributed by atoms with Crippen LogP contribution in [0.1, 0.15) is 51.5 Å². The fourth-order valence-electron chi connectivity index (χ4n) is 3.24. The maximum absolute atomic E-state index is 13.7. The number of carbonyl (C=O) groups is 2. The number of benzene rings is 1. The van der Waals surface area contributed by atoms with Gasteiger partial charge in [0.25, 0.3) is 0 Å². The van der Waals surface area contributed by atoms with Crippen molar-refractivity contribution in [2.24, 2.45) is 0 Å². The minimum Gasteiger partial charge on any atom is -0.458 e. The molecule has 0 spiro atoms. The van der Waals surface area contributed by atoms with Crippen LogP contribution in [0.4, 0.5) is 4.39 Å². The standard InChI is InChI=1S/C21H26FN3O4/c1-13-7-8-14(12-15(13)22)19-23-17(29-24-19)9-10-18(26)25-11-5-6-16(25)20(27)28-21(2,3)4/h7-8,12,16H,5-6,9-11H2,1-4H3/t16-/m0/s1. The fourth-order valence-corrected chi connectivity index (χ4v) is 3.24. The fraction of sp³-hybridized carbons (Fsp3) is 0.524. The number of carbonyl (C=O) groups excluding carboxylic acids is 2. The second-order valence-corrected chi connectivity index (χ2v) is 8.25. The minimum atomic E-state index is -0.593. The van der Waals surface area contributed by atoms with Crippen molar-refractivity contribution in [2.45, 2.75) is 65.0 Å². The first-order chi connectivity index (χ1) is 13.6. The minimum absolute atomic E-state index is 0.142. The van der Waals surface area contributed by atoms with Crippen molar-refractivity contribution in [3.63, 3.8) is 0 Å². The summed E-state index contributed by atoms with van der Waals surface area (Å²) in [7, 11) is 0. The van der Waals surface area contributed by atoms with Crippen LogP contribution in [0.3, 0.4) is 0 Å². The molecule has 0 bridgehead atoms. The number of hydrogen-bond acceptors (Lipinski definition) is 6. The Morgan fingerprint density at radius 2 is 2.10 bits per heavy atom. The number of nitrogens with zero attached hydrogens (tertiary/aromatic N) is 3. The summed E-state index contributed by atoms with van der Waals surface area (Å²) in [6.07, 6.45) is 1.75. The predicted molar refractivity (Wildman–Crippen MR) is 103 cm³/mol. The Kier molecular flexibility index (Phi) is 6.00. The van der Waals surface area contributed by atoms with Gasteiger partial charge in [-0.25, -0.2) is 9.18 Å². The number of hydrogen-bond donors (Lipinski definition) is 0. The van der Waals surface area contributed by atoms with E-state index in [1.807, 2.05) is 0 Å². The summed E-state index contributed by atoms with van der Waals surface area (Å²) in [5, 5.41) is 3.86. The monoisotopic (exact) mass is 403 g/mol. The van der Waals surface area contributed by atoms with Crippen LogP contribution in [0.2, 0.25) is 0 Å². The van der Waals surface area contributed by atoms with Crippen LogP contribution in [0, 0.1) is 12.7 Å². The van der Waals surface area contributed by atoms with Crippen molar-refractivity contribution in [2.75, 3.05) is 6.54 Å². The van der Waals surface area contributed by atoms with Crippen molar-refractivity contribution in [1.29, 1.82) is 0 Å². The normalized spacial score (nSPS) is 16.9. The highest BCUT2D eigenvalue weighted by molar-refractivity contribution is 5.85. The average molecular weight is 403 g/mol. The molecule has 8 heteroatoms. The van der Waals surface area contributed by atoms with Crippen LogP contribution >= 0.6 is 0 Å².